The molecule has 1 amide bonds. The van der Waals surface area contributed by atoms with Crippen LogP contribution in [0.2, 0.25) is 0 Å². The monoisotopic (exact) mass is 231 g/mol. The lowest BCUT2D eigenvalue weighted by Gasteiger charge is -2.24. The first kappa shape index (κ1) is 14.7. The summed E-state index contributed by atoms with van der Waals surface area (Å²) in [5, 5.41) is 14.0. The molecule has 0 aromatic rings. The van der Waals surface area contributed by atoms with Gasteiger partial charge in [0.15, 0.2) is 5.84 Å². The number of carbonyl (C=O) groups excluding carboxylic acids is 1. The van der Waals surface area contributed by atoms with Gasteiger partial charge in [0.2, 0.25) is 5.91 Å². The van der Waals surface area contributed by atoms with E-state index in [0.29, 0.717) is 13.2 Å². The molecule has 0 spiro atoms. The number of nitrogens with one attached hydrogen (secondary N) is 1. The van der Waals surface area contributed by atoms with Gasteiger partial charge >= 0.3 is 0 Å². The average molecular weight is 231 g/mol. The molecule has 0 aliphatic carbocycles. The number of nitrogens with zero attached hydrogens (tertiary/aromatic N) is 1. The lowest BCUT2D eigenvalue weighted by molar-refractivity contribution is -0.123. The number of ether oxygens (including phenoxy) is 1. The highest BCUT2D eigenvalue weighted by Crippen LogP contribution is 2.02. The van der Waals surface area contributed by atoms with Crippen LogP contribution in [0.15, 0.2) is 5.16 Å². The van der Waals surface area contributed by atoms with Gasteiger partial charge in [0.25, 0.3) is 0 Å². The van der Waals surface area contributed by atoms with Crippen LogP contribution in [0, 0.1) is 0 Å². The van der Waals surface area contributed by atoms with Crippen molar-refractivity contribution in [1.29, 1.82) is 0 Å². The molecular formula is C10H21N3O3. The molecule has 0 rings (SSSR count). The van der Waals surface area contributed by atoms with E-state index in [1.54, 1.807) is 13.8 Å². The Labute approximate surface area is 95.8 Å². The molecular weight excluding hydrogens is 210 g/mol. The first-order chi connectivity index (χ1) is 7.44. The van der Waals surface area contributed by atoms with Crippen molar-refractivity contribution in [2.75, 3.05) is 13.2 Å². The fourth-order valence-corrected chi connectivity index (χ4v) is 1.01. The van der Waals surface area contributed by atoms with Crippen LogP contribution in [0.25, 0.3) is 0 Å². The Bertz CT molecular complexity index is 252. The maximum absolute atomic E-state index is 11.5. The molecule has 0 heterocycles. The summed E-state index contributed by atoms with van der Waals surface area (Å²) in [5.41, 5.74) is 4.58. The lowest BCUT2D eigenvalue weighted by Crippen LogP contribution is -2.53. The number of amidine groups is 1. The summed E-state index contributed by atoms with van der Waals surface area (Å²) < 4.78 is 5.18. The molecule has 94 valence electrons. The minimum atomic E-state index is -0.851. The fraction of sp³-hybridized carbons (Fsp3) is 0.800. The van der Waals surface area contributed by atoms with E-state index in [9.17, 15) is 4.79 Å². The molecule has 0 aromatic carbocycles. The van der Waals surface area contributed by atoms with E-state index in [2.05, 4.69) is 10.5 Å². The SMILES string of the molecule is CCCOCCC(=O)NC(C)(C)C(N)=NO. The molecule has 0 unspecified atom stereocenters. The van der Waals surface area contributed by atoms with Gasteiger partial charge in [-0.25, -0.2) is 0 Å². The van der Waals surface area contributed by atoms with Gasteiger partial charge in [-0.05, 0) is 20.3 Å². The third-order valence-electron chi connectivity index (χ3n) is 2.02. The molecule has 0 aliphatic rings. The van der Waals surface area contributed by atoms with Gasteiger partial charge in [-0.3, -0.25) is 4.79 Å². The van der Waals surface area contributed by atoms with Crippen molar-refractivity contribution in [1.82, 2.24) is 5.32 Å². The molecule has 6 nitrogen and oxygen atoms in total. The van der Waals surface area contributed by atoms with E-state index in [0.717, 1.165) is 6.42 Å². The van der Waals surface area contributed by atoms with E-state index in [1.165, 1.54) is 0 Å². The second-order valence-electron chi connectivity index (χ2n) is 4.02. The number of amides is 1. The molecule has 0 radical (unpaired) electrons. The molecule has 0 bridgehead atoms. The molecule has 0 saturated carbocycles. The Balaban J connectivity index is 3.95. The number of carbonyl (C=O) groups is 1. The van der Waals surface area contributed by atoms with Crippen LogP contribution >= 0.6 is 0 Å². The molecule has 0 aliphatic heterocycles. The van der Waals surface area contributed by atoms with Crippen LogP contribution in [0.3, 0.4) is 0 Å². The van der Waals surface area contributed by atoms with Crippen molar-refractivity contribution >= 4 is 11.7 Å². The third kappa shape index (κ3) is 5.55. The van der Waals surface area contributed by atoms with Gasteiger partial charge in [0.05, 0.1) is 12.1 Å². The summed E-state index contributed by atoms with van der Waals surface area (Å²) in [6.45, 7) is 6.35. The van der Waals surface area contributed by atoms with Gasteiger partial charge in [-0.2, -0.15) is 0 Å². The highest BCUT2D eigenvalue weighted by molar-refractivity contribution is 5.93. The highest BCUT2D eigenvalue weighted by atomic mass is 16.5. The summed E-state index contributed by atoms with van der Waals surface area (Å²) >= 11 is 0. The smallest absolute Gasteiger partial charge is 0.223 e. The Morgan fingerprint density at radius 1 is 1.50 bits per heavy atom. The van der Waals surface area contributed by atoms with Gasteiger partial charge in [0, 0.05) is 13.0 Å². The Morgan fingerprint density at radius 3 is 2.62 bits per heavy atom. The molecule has 0 saturated heterocycles. The molecule has 0 fully saturated rings. The van der Waals surface area contributed by atoms with E-state index in [1.807, 2.05) is 6.92 Å². The minimum Gasteiger partial charge on any atom is -0.409 e. The van der Waals surface area contributed by atoms with Gasteiger partial charge in [-0.15, -0.1) is 0 Å². The van der Waals surface area contributed by atoms with Crippen LogP contribution < -0.4 is 11.1 Å². The maximum Gasteiger partial charge on any atom is 0.223 e. The van der Waals surface area contributed by atoms with Crippen molar-refractivity contribution in [3.8, 4) is 0 Å². The van der Waals surface area contributed by atoms with Crippen molar-refractivity contribution in [2.24, 2.45) is 10.9 Å². The first-order valence-electron chi connectivity index (χ1n) is 5.30. The van der Waals surface area contributed by atoms with E-state index < -0.39 is 5.54 Å². The Morgan fingerprint density at radius 2 is 2.12 bits per heavy atom. The summed E-state index contributed by atoms with van der Waals surface area (Å²) in [6.07, 6.45) is 1.19. The quantitative estimate of drug-likeness (QED) is 0.195. The van der Waals surface area contributed by atoms with E-state index in [4.69, 9.17) is 15.7 Å². The topological polar surface area (TPSA) is 96.9 Å². The molecule has 16 heavy (non-hydrogen) atoms. The lowest BCUT2D eigenvalue weighted by atomic mass is 10.0. The Hall–Kier alpha value is -1.30. The van der Waals surface area contributed by atoms with Crippen LogP contribution in [0.1, 0.15) is 33.6 Å². The fourth-order valence-electron chi connectivity index (χ4n) is 1.01. The molecule has 0 atom stereocenters. The number of hydrogen-bond donors (Lipinski definition) is 3. The zero-order valence-electron chi connectivity index (χ0n) is 10.1. The average Bonchev–Trinajstić information content (AvgIpc) is 2.22. The zero-order valence-corrected chi connectivity index (χ0v) is 10.1. The second-order valence-corrected chi connectivity index (χ2v) is 4.02. The van der Waals surface area contributed by atoms with E-state index in [-0.39, 0.29) is 18.2 Å². The largest absolute Gasteiger partial charge is 0.409 e. The third-order valence-corrected chi connectivity index (χ3v) is 2.02. The van der Waals surface area contributed by atoms with Crippen molar-refractivity contribution in [2.45, 2.75) is 39.2 Å². The maximum atomic E-state index is 11.5. The van der Waals surface area contributed by atoms with Crippen LogP contribution in [0.5, 0.6) is 0 Å². The zero-order chi connectivity index (χ0) is 12.6. The second kappa shape index (κ2) is 7.05. The normalized spacial score (nSPS) is 12.6. The summed E-state index contributed by atoms with van der Waals surface area (Å²) in [7, 11) is 0. The summed E-state index contributed by atoms with van der Waals surface area (Å²) in [4.78, 5) is 11.5. The number of hydrogen-bond acceptors (Lipinski definition) is 4. The van der Waals surface area contributed by atoms with Gasteiger partial charge in [-0.1, -0.05) is 12.1 Å². The van der Waals surface area contributed by atoms with Gasteiger partial charge < -0.3 is 21.0 Å². The summed E-state index contributed by atoms with van der Waals surface area (Å²) in [5.74, 6) is -0.219. The number of nitrogens with two attached hydrogens (primary N) is 1. The number of oxime groups is 1. The van der Waals surface area contributed by atoms with Crippen LogP contribution in [-0.2, 0) is 9.53 Å². The molecule has 4 N–H and O–H groups in total. The number of rotatable bonds is 7. The first-order valence-corrected chi connectivity index (χ1v) is 5.30. The predicted molar refractivity (Wildman–Crippen MR) is 61.4 cm³/mol. The van der Waals surface area contributed by atoms with Crippen molar-refractivity contribution in [3.05, 3.63) is 0 Å². The van der Waals surface area contributed by atoms with E-state index >= 15 is 0 Å². The standard InChI is InChI=1S/C10H21N3O3/c1-4-6-16-7-5-8(14)12-10(2,3)9(11)13-15/h15H,4-7H2,1-3H3,(H2,11,13)(H,12,14). The Kier molecular flexibility index (Phi) is 6.48. The van der Waals surface area contributed by atoms with Crippen LogP contribution in [-0.4, -0.2) is 35.7 Å². The minimum absolute atomic E-state index is 0.0321. The summed E-state index contributed by atoms with van der Waals surface area (Å²) in [6, 6.07) is 0. The van der Waals surface area contributed by atoms with Crippen LogP contribution in [0.4, 0.5) is 0 Å². The molecule has 0 aromatic heterocycles. The van der Waals surface area contributed by atoms with Gasteiger partial charge in [0.1, 0.15) is 0 Å². The highest BCUT2D eigenvalue weighted by Gasteiger charge is 2.25. The molecule has 6 heteroatoms. The van der Waals surface area contributed by atoms with Crippen molar-refractivity contribution < 1.29 is 14.7 Å². The predicted octanol–water partition coefficient (Wildman–Crippen LogP) is 0.444. The van der Waals surface area contributed by atoms with Crippen molar-refractivity contribution in [3.63, 3.8) is 0 Å².